The van der Waals surface area contributed by atoms with Crippen LogP contribution in [0.2, 0.25) is 0 Å². The number of nitrogens with zero attached hydrogens (tertiary/aromatic N) is 1. The van der Waals surface area contributed by atoms with Crippen LogP contribution in [-0.4, -0.2) is 18.2 Å². The standard InChI is InChI=1S/C8H14ClNO/c1-6-4-3-5-7(8(6)9)10-11-2/h6,8H,3-5H2,1-2H3/b10-7+. The predicted molar refractivity (Wildman–Crippen MR) is 47.1 cm³/mol. The number of hydrogen-bond donors (Lipinski definition) is 0. The zero-order chi connectivity index (χ0) is 8.27. The molecule has 2 unspecified atom stereocenters. The van der Waals surface area contributed by atoms with Crippen molar-refractivity contribution in [3.05, 3.63) is 0 Å². The third-order valence-electron chi connectivity index (χ3n) is 2.12. The lowest BCUT2D eigenvalue weighted by molar-refractivity contribution is 0.210. The maximum atomic E-state index is 6.10. The van der Waals surface area contributed by atoms with Gasteiger partial charge in [-0.05, 0) is 25.2 Å². The van der Waals surface area contributed by atoms with Gasteiger partial charge in [-0.2, -0.15) is 0 Å². The molecule has 1 fully saturated rings. The normalized spacial score (nSPS) is 35.7. The van der Waals surface area contributed by atoms with Crippen LogP contribution < -0.4 is 0 Å². The van der Waals surface area contributed by atoms with Gasteiger partial charge in [-0.3, -0.25) is 0 Å². The van der Waals surface area contributed by atoms with Crippen molar-refractivity contribution < 1.29 is 4.84 Å². The molecule has 0 bridgehead atoms. The molecule has 0 aromatic heterocycles. The van der Waals surface area contributed by atoms with E-state index < -0.39 is 0 Å². The van der Waals surface area contributed by atoms with Gasteiger partial charge in [-0.15, -0.1) is 11.6 Å². The van der Waals surface area contributed by atoms with E-state index in [4.69, 9.17) is 16.4 Å². The molecule has 1 aliphatic rings. The van der Waals surface area contributed by atoms with Crippen LogP contribution in [0.5, 0.6) is 0 Å². The smallest absolute Gasteiger partial charge is 0.106 e. The van der Waals surface area contributed by atoms with E-state index in [-0.39, 0.29) is 5.38 Å². The van der Waals surface area contributed by atoms with Crippen molar-refractivity contribution in [2.24, 2.45) is 11.1 Å². The molecule has 0 aliphatic heterocycles. The van der Waals surface area contributed by atoms with E-state index >= 15 is 0 Å². The molecule has 1 saturated carbocycles. The van der Waals surface area contributed by atoms with Crippen molar-refractivity contribution in [1.82, 2.24) is 0 Å². The van der Waals surface area contributed by atoms with Gasteiger partial charge in [0.2, 0.25) is 0 Å². The number of hydrogen-bond acceptors (Lipinski definition) is 2. The van der Waals surface area contributed by atoms with Crippen LogP contribution in [0.15, 0.2) is 5.16 Å². The molecule has 1 rings (SSSR count). The van der Waals surface area contributed by atoms with Crippen LogP contribution in [0.1, 0.15) is 26.2 Å². The number of alkyl halides is 1. The molecule has 11 heavy (non-hydrogen) atoms. The second-order valence-corrected chi connectivity index (χ2v) is 3.51. The third kappa shape index (κ3) is 2.09. The molecule has 0 aromatic carbocycles. The van der Waals surface area contributed by atoms with E-state index in [2.05, 4.69) is 12.1 Å². The minimum atomic E-state index is 0.0868. The van der Waals surface area contributed by atoms with Gasteiger partial charge >= 0.3 is 0 Å². The summed E-state index contributed by atoms with van der Waals surface area (Å²) in [6.45, 7) is 2.15. The first-order chi connectivity index (χ1) is 5.25. The van der Waals surface area contributed by atoms with Gasteiger partial charge in [0.25, 0.3) is 0 Å². The average Bonchev–Trinajstić information content (AvgIpc) is 1.99. The van der Waals surface area contributed by atoms with E-state index in [9.17, 15) is 0 Å². The van der Waals surface area contributed by atoms with Crippen LogP contribution in [0.25, 0.3) is 0 Å². The molecule has 0 aromatic rings. The summed E-state index contributed by atoms with van der Waals surface area (Å²) in [6, 6.07) is 0. The van der Waals surface area contributed by atoms with Gasteiger partial charge in [0.1, 0.15) is 7.11 Å². The predicted octanol–water partition coefficient (Wildman–Crippen LogP) is 2.42. The minimum absolute atomic E-state index is 0.0868. The average molecular weight is 176 g/mol. The lowest BCUT2D eigenvalue weighted by Gasteiger charge is -2.24. The van der Waals surface area contributed by atoms with Crippen LogP contribution in [0, 0.1) is 5.92 Å². The van der Waals surface area contributed by atoms with Gasteiger partial charge in [0.15, 0.2) is 0 Å². The quantitative estimate of drug-likeness (QED) is 0.443. The summed E-state index contributed by atoms with van der Waals surface area (Å²) in [5.41, 5.74) is 1.01. The summed E-state index contributed by atoms with van der Waals surface area (Å²) in [5.74, 6) is 0.541. The van der Waals surface area contributed by atoms with Crippen molar-refractivity contribution in [2.45, 2.75) is 31.6 Å². The highest BCUT2D eigenvalue weighted by Gasteiger charge is 2.25. The number of rotatable bonds is 1. The summed E-state index contributed by atoms with van der Waals surface area (Å²) in [6.07, 6.45) is 3.38. The maximum absolute atomic E-state index is 6.10. The molecule has 64 valence electrons. The van der Waals surface area contributed by atoms with Crippen LogP contribution >= 0.6 is 11.6 Å². The van der Waals surface area contributed by atoms with E-state index in [1.807, 2.05) is 0 Å². The first-order valence-electron chi connectivity index (χ1n) is 3.99. The minimum Gasteiger partial charge on any atom is -0.399 e. The Hall–Kier alpha value is -0.240. The summed E-state index contributed by atoms with van der Waals surface area (Å²) in [4.78, 5) is 4.70. The Morgan fingerprint density at radius 1 is 1.64 bits per heavy atom. The Balaban J connectivity index is 2.58. The zero-order valence-corrected chi connectivity index (χ0v) is 7.77. The van der Waals surface area contributed by atoms with Gasteiger partial charge in [-0.1, -0.05) is 12.1 Å². The lowest BCUT2D eigenvalue weighted by atomic mass is 9.89. The highest BCUT2D eigenvalue weighted by molar-refractivity contribution is 6.32. The molecule has 0 saturated heterocycles. The Kier molecular flexibility index (Phi) is 3.18. The van der Waals surface area contributed by atoms with Crippen molar-refractivity contribution >= 4 is 17.3 Å². The fourth-order valence-corrected chi connectivity index (χ4v) is 1.71. The molecule has 0 spiro atoms. The summed E-state index contributed by atoms with van der Waals surface area (Å²) in [7, 11) is 1.57. The number of halogens is 1. The summed E-state index contributed by atoms with van der Waals surface area (Å²) in [5, 5.41) is 3.99. The molecule has 1 aliphatic carbocycles. The second-order valence-electron chi connectivity index (χ2n) is 3.04. The fourth-order valence-electron chi connectivity index (χ4n) is 1.43. The lowest BCUT2D eigenvalue weighted by Crippen LogP contribution is -2.27. The molecule has 3 heteroatoms. The summed E-state index contributed by atoms with van der Waals surface area (Å²) >= 11 is 6.10. The topological polar surface area (TPSA) is 21.6 Å². The molecule has 2 atom stereocenters. The highest BCUT2D eigenvalue weighted by Crippen LogP contribution is 2.26. The SMILES string of the molecule is CO/N=C1\CCCC(C)C1Cl. The molecule has 2 nitrogen and oxygen atoms in total. The molecule has 0 heterocycles. The van der Waals surface area contributed by atoms with Gasteiger partial charge < -0.3 is 4.84 Å². The van der Waals surface area contributed by atoms with E-state index in [1.165, 1.54) is 12.8 Å². The van der Waals surface area contributed by atoms with Crippen LogP contribution in [-0.2, 0) is 4.84 Å². The Labute approximate surface area is 72.6 Å². The molecular formula is C8H14ClNO. The molecular weight excluding hydrogens is 162 g/mol. The van der Waals surface area contributed by atoms with Crippen molar-refractivity contribution in [3.63, 3.8) is 0 Å². The molecule has 0 N–H and O–H groups in total. The Morgan fingerprint density at radius 2 is 2.36 bits per heavy atom. The van der Waals surface area contributed by atoms with E-state index in [0.29, 0.717) is 5.92 Å². The van der Waals surface area contributed by atoms with Crippen molar-refractivity contribution in [2.75, 3.05) is 7.11 Å². The molecule has 0 radical (unpaired) electrons. The van der Waals surface area contributed by atoms with E-state index in [1.54, 1.807) is 7.11 Å². The zero-order valence-electron chi connectivity index (χ0n) is 7.01. The van der Waals surface area contributed by atoms with Gasteiger partial charge in [-0.25, -0.2) is 0 Å². The van der Waals surface area contributed by atoms with Crippen molar-refractivity contribution in [1.29, 1.82) is 0 Å². The van der Waals surface area contributed by atoms with Crippen LogP contribution in [0.4, 0.5) is 0 Å². The van der Waals surface area contributed by atoms with E-state index in [0.717, 1.165) is 12.1 Å². The highest BCUT2D eigenvalue weighted by atomic mass is 35.5. The van der Waals surface area contributed by atoms with Gasteiger partial charge in [0, 0.05) is 0 Å². The van der Waals surface area contributed by atoms with Gasteiger partial charge in [0.05, 0.1) is 11.1 Å². The third-order valence-corrected chi connectivity index (χ3v) is 2.80. The first kappa shape index (κ1) is 8.85. The Morgan fingerprint density at radius 3 is 3.00 bits per heavy atom. The maximum Gasteiger partial charge on any atom is 0.106 e. The second kappa shape index (κ2) is 3.96. The van der Waals surface area contributed by atoms with Crippen LogP contribution in [0.3, 0.4) is 0 Å². The fraction of sp³-hybridized carbons (Fsp3) is 0.875. The Bertz CT molecular complexity index is 158. The first-order valence-corrected chi connectivity index (χ1v) is 4.43. The monoisotopic (exact) mass is 175 g/mol. The summed E-state index contributed by atoms with van der Waals surface area (Å²) < 4.78 is 0. The number of oxime groups is 1. The largest absolute Gasteiger partial charge is 0.399 e. The van der Waals surface area contributed by atoms with Crippen molar-refractivity contribution in [3.8, 4) is 0 Å². The molecule has 0 amide bonds.